The molecular formula is C22H23N3O2. The summed E-state index contributed by atoms with van der Waals surface area (Å²) in [5.74, 6) is 1.64. The molecule has 27 heavy (non-hydrogen) atoms. The van der Waals surface area contributed by atoms with Gasteiger partial charge in [-0.05, 0) is 74.7 Å². The fourth-order valence-electron chi connectivity index (χ4n) is 3.44. The van der Waals surface area contributed by atoms with Gasteiger partial charge in [0.2, 0.25) is 0 Å². The van der Waals surface area contributed by atoms with Gasteiger partial charge in [0, 0.05) is 35.2 Å². The van der Waals surface area contributed by atoms with E-state index in [1.165, 1.54) is 18.5 Å². The highest BCUT2D eigenvalue weighted by molar-refractivity contribution is 6.04. The molecule has 1 aromatic heterocycles. The first kappa shape index (κ1) is 17.3. The summed E-state index contributed by atoms with van der Waals surface area (Å²) >= 11 is 0. The van der Waals surface area contributed by atoms with Gasteiger partial charge in [0.25, 0.3) is 5.91 Å². The first-order valence-electron chi connectivity index (χ1n) is 9.43. The molecule has 0 radical (unpaired) electrons. The van der Waals surface area contributed by atoms with Crippen molar-refractivity contribution >= 4 is 11.6 Å². The molecule has 1 aliphatic heterocycles. The van der Waals surface area contributed by atoms with Crippen LogP contribution >= 0.6 is 0 Å². The van der Waals surface area contributed by atoms with Crippen LogP contribution in [0, 0.1) is 0 Å². The summed E-state index contributed by atoms with van der Waals surface area (Å²) in [5, 5.41) is 2.94. The van der Waals surface area contributed by atoms with Crippen LogP contribution in [0.3, 0.4) is 0 Å². The molecule has 0 unspecified atom stereocenters. The predicted molar refractivity (Wildman–Crippen MR) is 106 cm³/mol. The van der Waals surface area contributed by atoms with Crippen LogP contribution < -0.4 is 10.1 Å². The van der Waals surface area contributed by atoms with Crippen LogP contribution in [0.5, 0.6) is 5.75 Å². The number of aryl methyl sites for hydroxylation is 1. The minimum atomic E-state index is -0.135. The van der Waals surface area contributed by atoms with Crippen LogP contribution in [0.2, 0.25) is 0 Å². The summed E-state index contributed by atoms with van der Waals surface area (Å²) in [6, 6.07) is 15.0. The Hall–Kier alpha value is -3.08. The average molecular weight is 361 g/mol. The Morgan fingerprint density at radius 1 is 1.11 bits per heavy atom. The van der Waals surface area contributed by atoms with Crippen molar-refractivity contribution in [2.45, 2.75) is 32.7 Å². The summed E-state index contributed by atoms with van der Waals surface area (Å²) in [6.45, 7) is 3.57. The number of nitrogens with zero attached hydrogens (tertiary/aromatic N) is 2. The number of nitrogens with one attached hydrogen (secondary N) is 1. The number of aromatic nitrogens is 2. The lowest BCUT2D eigenvalue weighted by Gasteiger charge is -2.16. The largest absolute Gasteiger partial charge is 0.494 e. The third-order valence-corrected chi connectivity index (χ3v) is 4.83. The number of rotatable bonds is 5. The van der Waals surface area contributed by atoms with E-state index in [1.54, 1.807) is 12.1 Å². The molecule has 0 fully saturated rings. The molecule has 1 N–H and O–H groups in total. The Bertz CT molecular complexity index is 927. The minimum absolute atomic E-state index is 0.135. The van der Waals surface area contributed by atoms with Crippen molar-refractivity contribution in [3.63, 3.8) is 0 Å². The van der Waals surface area contributed by atoms with Crippen molar-refractivity contribution in [1.82, 2.24) is 9.55 Å². The van der Waals surface area contributed by atoms with Crippen LogP contribution in [0.4, 0.5) is 5.69 Å². The van der Waals surface area contributed by atoms with Crippen molar-refractivity contribution in [3.8, 4) is 17.1 Å². The number of anilines is 1. The maximum absolute atomic E-state index is 12.4. The molecule has 0 spiro atoms. The van der Waals surface area contributed by atoms with E-state index in [-0.39, 0.29) is 5.91 Å². The normalized spacial score (nSPS) is 13.1. The predicted octanol–water partition coefficient (Wildman–Crippen LogP) is 4.54. The Labute approximate surface area is 159 Å². The van der Waals surface area contributed by atoms with Gasteiger partial charge in [0.05, 0.1) is 6.61 Å². The summed E-state index contributed by atoms with van der Waals surface area (Å²) in [7, 11) is 0. The lowest BCUT2D eigenvalue weighted by Crippen LogP contribution is -2.12. The second kappa shape index (κ2) is 7.66. The summed E-state index contributed by atoms with van der Waals surface area (Å²) < 4.78 is 7.71. The van der Waals surface area contributed by atoms with Crippen molar-refractivity contribution in [1.29, 1.82) is 0 Å². The van der Waals surface area contributed by atoms with Crippen molar-refractivity contribution in [2.24, 2.45) is 0 Å². The van der Waals surface area contributed by atoms with Crippen LogP contribution in [0.1, 0.15) is 35.8 Å². The molecule has 0 aliphatic carbocycles. The number of carbonyl (C=O) groups excluding carboxylic acids is 1. The highest BCUT2D eigenvalue weighted by atomic mass is 16.5. The molecule has 4 rings (SSSR count). The molecule has 138 valence electrons. The van der Waals surface area contributed by atoms with Gasteiger partial charge in [-0.15, -0.1) is 0 Å². The molecule has 3 aromatic rings. The zero-order chi connectivity index (χ0) is 18.6. The zero-order valence-corrected chi connectivity index (χ0v) is 15.4. The van der Waals surface area contributed by atoms with E-state index in [0.717, 1.165) is 35.8 Å². The standard InChI is InChI=1S/C22H23N3O2/c1-2-27-20-12-8-17(9-13-20)22(26)24-18-10-6-16(7-11-18)21-23-15-19-5-3-4-14-25(19)21/h6-13,15H,2-5,14H2,1H3,(H,24,26). The number of fused-ring (bicyclic) bond motifs is 1. The fraction of sp³-hybridized carbons (Fsp3) is 0.273. The maximum Gasteiger partial charge on any atom is 0.255 e. The highest BCUT2D eigenvalue weighted by Gasteiger charge is 2.15. The van der Waals surface area contributed by atoms with E-state index in [4.69, 9.17) is 4.74 Å². The number of benzene rings is 2. The zero-order valence-electron chi connectivity index (χ0n) is 15.4. The van der Waals surface area contributed by atoms with E-state index in [0.29, 0.717) is 12.2 Å². The molecular weight excluding hydrogens is 338 g/mol. The monoisotopic (exact) mass is 361 g/mol. The molecule has 5 nitrogen and oxygen atoms in total. The Kier molecular flexibility index (Phi) is 4.92. The third kappa shape index (κ3) is 3.72. The van der Waals surface area contributed by atoms with E-state index >= 15 is 0 Å². The minimum Gasteiger partial charge on any atom is -0.494 e. The SMILES string of the molecule is CCOc1ccc(C(=O)Nc2ccc(-c3ncc4n3CCCC4)cc2)cc1. The lowest BCUT2D eigenvalue weighted by atomic mass is 10.1. The number of amides is 1. The van der Waals surface area contributed by atoms with Crippen molar-refractivity contribution in [3.05, 3.63) is 66.0 Å². The topological polar surface area (TPSA) is 56.1 Å². The molecule has 0 saturated heterocycles. The molecule has 0 bridgehead atoms. The van der Waals surface area contributed by atoms with Crippen LogP contribution in [0.25, 0.3) is 11.4 Å². The summed E-state index contributed by atoms with van der Waals surface area (Å²) in [6.07, 6.45) is 5.52. The van der Waals surface area contributed by atoms with E-state index in [2.05, 4.69) is 14.9 Å². The number of hydrogen-bond donors (Lipinski definition) is 1. The Balaban J connectivity index is 1.46. The highest BCUT2D eigenvalue weighted by Crippen LogP contribution is 2.25. The van der Waals surface area contributed by atoms with Gasteiger partial charge in [-0.2, -0.15) is 0 Å². The van der Waals surface area contributed by atoms with Crippen molar-refractivity contribution < 1.29 is 9.53 Å². The Morgan fingerprint density at radius 2 is 1.89 bits per heavy atom. The van der Waals surface area contributed by atoms with Gasteiger partial charge < -0.3 is 14.6 Å². The number of carbonyl (C=O) groups is 1. The van der Waals surface area contributed by atoms with E-state index in [1.807, 2.05) is 49.5 Å². The molecule has 2 heterocycles. The van der Waals surface area contributed by atoms with Crippen LogP contribution in [0.15, 0.2) is 54.7 Å². The quantitative estimate of drug-likeness (QED) is 0.726. The van der Waals surface area contributed by atoms with Crippen LogP contribution in [-0.2, 0) is 13.0 Å². The Morgan fingerprint density at radius 3 is 2.63 bits per heavy atom. The second-order valence-electron chi connectivity index (χ2n) is 6.67. The maximum atomic E-state index is 12.4. The summed E-state index contributed by atoms with van der Waals surface area (Å²) in [4.78, 5) is 17.0. The molecule has 5 heteroatoms. The number of ether oxygens (including phenoxy) is 1. The van der Waals surface area contributed by atoms with Gasteiger partial charge in [0.1, 0.15) is 11.6 Å². The first-order chi connectivity index (χ1) is 13.2. The van der Waals surface area contributed by atoms with E-state index < -0.39 is 0 Å². The molecule has 2 aromatic carbocycles. The molecule has 1 amide bonds. The smallest absolute Gasteiger partial charge is 0.255 e. The van der Waals surface area contributed by atoms with Gasteiger partial charge in [0.15, 0.2) is 0 Å². The van der Waals surface area contributed by atoms with Crippen molar-refractivity contribution in [2.75, 3.05) is 11.9 Å². The first-order valence-corrected chi connectivity index (χ1v) is 9.43. The second-order valence-corrected chi connectivity index (χ2v) is 6.67. The summed E-state index contributed by atoms with van der Waals surface area (Å²) in [5.41, 5.74) is 3.75. The average Bonchev–Trinajstić information content (AvgIpc) is 3.13. The molecule has 1 aliphatic rings. The molecule has 0 saturated carbocycles. The fourth-order valence-corrected chi connectivity index (χ4v) is 3.44. The molecule has 0 atom stereocenters. The number of hydrogen-bond acceptors (Lipinski definition) is 3. The lowest BCUT2D eigenvalue weighted by molar-refractivity contribution is 0.102. The third-order valence-electron chi connectivity index (χ3n) is 4.83. The van der Waals surface area contributed by atoms with Gasteiger partial charge in [-0.3, -0.25) is 4.79 Å². The number of imidazole rings is 1. The van der Waals surface area contributed by atoms with Gasteiger partial charge in [-0.25, -0.2) is 4.98 Å². The van der Waals surface area contributed by atoms with Gasteiger partial charge >= 0.3 is 0 Å². The van der Waals surface area contributed by atoms with E-state index in [9.17, 15) is 4.79 Å². The van der Waals surface area contributed by atoms with Gasteiger partial charge in [-0.1, -0.05) is 0 Å². The van der Waals surface area contributed by atoms with Crippen LogP contribution in [-0.4, -0.2) is 22.1 Å².